The number of rotatable bonds is 5. The van der Waals surface area contributed by atoms with Crippen LogP contribution in [-0.4, -0.2) is 13.5 Å². The van der Waals surface area contributed by atoms with E-state index in [0.29, 0.717) is 5.02 Å². The quantitative estimate of drug-likeness (QED) is 0.607. The van der Waals surface area contributed by atoms with Crippen molar-refractivity contribution < 1.29 is 22.3 Å². The highest BCUT2D eigenvalue weighted by Gasteiger charge is 2.33. The van der Waals surface area contributed by atoms with E-state index >= 15 is 0 Å². The molecular formula is C20H16ClF2NO3S. The molecule has 0 amide bonds. The standard InChI is InChI=1S/C20H16ClF2NO3S/c1-13(17-4-2-3-5-20(17)25)24(19-12-15(22)8-11-18(19)23)28(26,27)16-9-6-14(21)7-10-16/h2-13,25H,1H3. The van der Waals surface area contributed by atoms with Crippen LogP contribution in [0.15, 0.2) is 71.6 Å². The first-order chi connectivity index (χ1) is 13.2. The second-order valence-electron chi connectivity index (χ2n) is 6.09. The van der Waals surface area contributed by atoms with E-state index in [4.69, 9.17) is 11.6 Å². The van der Waals surface area contributed by atoms with Gasteiger partial charge in [0.15, 0.2) is 0 Å². The highest BCUT2D eigenvalue weighted by Crippen LogP contribution is 2.38. The third-order valence-corrected chi connectivity index (χ3v) is 6.41. The Hall–Kier alpha value is -2.64. The van der Waals surface area contributed by atoms with Crippen LogP contribution in [0.2, 0.25) is 5.02 Å². The Labute approximate surface area is 166 Å². The molecular weight excluding hydrogens is 408 g/mol. The monoisotopic (exact) mass is 423 g/mol. The average molecular weight is 424 g/mol. The topological polar surface area (TPSA) is 57.6 Å². The van der Waals surface area contributed by atoms with Crippen LogP contribution in [0.1, 0.15) is 18.5 Å². The van der Waals surface area contributed by atoms with E-state index in [1.54, 1.807) is 12.1 Å². The van der Waals surface area contributed by atoms with Crippen molar-refractivity contribution in [2.24, 2.45) is 0 Å². The third-order valence-electron chi connectivity index (χ3n) is 4.25. The number of hydrogen-bond acceptors (Lipinski definition) is 3. The van der Waals surface area contributed by atoms with Gasteiger partial charge in [-0.1, -0.05) is 29.8 Å². The number of benzene rings is 3. The summed E-state index contributed by atoms with van der Waals surface area (Å²) < 4.78 is 55.8. The maximum atomic E-state index is 14.6. The molecule has 1 unspecified atom stereocenters. The predicted octanol–water partition coefficient (Wildman–Crippen LogP) is 5.28. The maximum absolute atomic E-state index is 14.6. The molecule has 0 saturated carbocycles. The number of sulfonamides is 1. The van der Waals surface area contributed by atoms with Crippen LogP contribution in [0.25, 0.3) is 0 Å². The Morgan fingerprint density at radius 2 is 1.64 bits per heavy atom. The number of phenolic OH excluding ortho intramolecular Hbond substituents is 1. The Bertz CT molecular complexity index is 1100. The smallest absolute Gasteiger partial charge is 0.264 e. The molecule has 3 rings (SSSR count). The fourth-order valence-corrected chi connectivity index (χ4v) is 4.65. The average Bonchev–Trinajstić information content (AvgIpc) is 2.65. The molecule has 1 N–H and O–H groups in total. The second kappa shape index (κ2) is 7.77. The van der Waals surface area contributed by atoms with E-state index in [9.17, 15) is 22.3 Å². The van der Waals surface area contributed by atoms with Crippen molar-refractivity contribution in [1.29, 1.82) is 0 Å². The van der Waals surface area contributed by atoms with Gasteiger partial charge >= 0.3 is 0 Å². The number of anilines is 1. The van der Waals surface area contributed by atoms with Gasteiger partial charge in [0.1, 0.15) is 17.4 Å². The van der Waals surface area contributed by atoms with Gasteiger partial charge in [-0.25, -0.2) is 17.2 Å². The molecule has 0 aliphatic heterocycles. The van der Waals surface area contributed by atoms with Crippen molar-refractivity contribution in [3.8, 4) is 5.75 Å². The van der Waals surface area contributed by atoms with E-state index in [0.717, 1.165) is 22.5 Å². The van der Waals surface area contributed by atoms with Gasteiger partial charge in [-0.3, -0.25) is 4.31 Å². The summed E-state index contributed by atoms with van der Waals surface area (Å²) in [5, 5.41) is 10.5. The second-order valence-corrected chi connectivity index (χ2v) is 8.34. The first-order valence-electron chi connectivity index (χ1n) is 8.25. The molecule has 4 nitrogen and oxygen atoms in total. The van der Waals surface area contributed by atoms with Crippen LogP contribution >= 0.6 is 11.6 Å². The third kappa shape index (κ3) is 3.81. The Morgan fingerprint density at radius 3 is 2.29 bits per heavy atom. The van der Waals surface area contributed by atoms with Crippen LogP contribution in [-0.2, 0) is 10.0 Å². The van der Waals surface area contributed by atoms with E-state index < -0.39 is 33.4 Å². The molecule has 0 aliphatic carbocycles. The molecule has 0 heterocycles. The number of aromatic hydroxyl groups is 1. The Morgan fingerprint density at radius 1 is 1.00 bits per heavy atom. The van der Waals surface area contributed by atoms with Crippen molar-refractivity contribution in [1.82, 2.24) is 0 Å². The molecule has 0 fully saturated rings. The molecule has 3 aromatic rings. The highest BCUT2D eigenvalue weighted by molar-refractivity contribution is 7.92. The zero-order valence-corrected chi connectivity index (χ0v) is 16.3. The zero-order valence-electron chi connectivity index (χ0n) is 14.7. The zero-order chi connectivity index (χ0) is 20.5. The SMILES string of the molecule is CC(c1ccccc1O)N(c1cc(F)ccc1F)S(=O)(=O)c1ccc(Cl)cc1. The fraction of sp³-hybridized carbons (Fsp3) is 0.100. The molecule has 8 heteroatoms. The summed E-state index contributed by atoms with van der Waals surface area (Å²) in [7, 11) is -4.32. The van der Waals surface area contributed by atoms with E-state index in [1.807, 2.05) is 0 Å². The molecule has 0 bridgehead atoms. The Balaban J connectivity index is 2.24. The van der Waals surface area contributed by atoms with Crippen molar-refractivity contribution in [2.75, 3.05) is 4.31 Å². The molecule has 1 atom stereocenters. The van der Waals surface area contributed by atoms with E-state index in [-0.39, 0.29) is 16.2 Å². The Kier molecular flexibility index (Phi) is 5.58. The molecule has 0 spiro atoms. The lowest BCUT2D eigenvalue weighted by Gasteiger charge is -2.31. The summed E-state index contributed by atoms with van der Waals surface area (Å²) in [4.78, 5) is -0.150. The highest BCUT2D eigenvalue weighted by atomic mass is 35.5. The summed E-state index contributed by atoms with van der Waals surface area (Å²) in [6.45, 7) is 1.48. The largest absolute Gasteiger partial charge is 0.508 e. The first-order valence-corrected chi connectivity index (χ1v) is 10.1. The minimum atomic E-state index is -4.32. The number of hydrogen-bond donors (Lipinski definition) is 1. The molecule has 0 aromatic heterocycles. The number of phenols is 1. The molecule has 0 aliphatic rings. The van der Waals surface area contributed by atoms with Crippen LogP contribution < -0.4 is 4.31 Å². The summed E-state index contributed by atoms with van der Waals surface area (Å²) in [5.41, 5.74) is -0.227. The molecule has 3 aromatic carbocycles. The summed E-state index contributed by atoms with van der Waals surface area (Å²) >= 11 is 5.83. The number of halogens is 3. The number of nitrogens with zero attached hydrogens (tertiary/aromatic N) is 1. The number of para-hydroxylation sites is 1. The predicted molar refractivity (Wildman–Crippen MR) is 104 cm³/mol. The summed E-state index contributed by atoms with van der Waals surface area (Å²) in [5.74, 6) is -1.87. The summed E-state index contributed by atoms with van der Waals surface area (Å²) in [6.07, 6.45) is 0. The van der Waals surface area contributed by atoms with Crippen LogP contribution in [0, 0.1) is 11.6 Å². The lowest BCUT2D eigenvalue weighted by Crippen LogP contribution is -2.34. The molecule has 0 saturated heterocycles. The van der Waals surface area contributed by atoms with Crippen LogP contribution in [0.3, 0.4) is 0 Å². The van der Waals surface area contributed by atoms with Crippen molar-refractivity contribution in [3.05, 3.63) is 89.0 Å². The van der Waals surface area contributed by atoms with Gasteiger partial charge in [0, 0.05) is 16.7 Å². The van der Waals surface area contributed by atoms with Gasteiger partial charge in [0.25, 0.3) is 10.0 Å². The van der Waals surface area contributed by atoms with Crippen molar-refractivity contribution in [3.63, 3.8) is 0 Å². The van der Waals surface area contributed by atoms with Crippen molar-refractivity contribution >= 4 is 27.3 Å². The van der Waals surface area contributed by atoms with Gasteiger partial charge in [-0.05, 0) is 49.4 Å². The van der Waals surface area contributed by atoms with Gasteiger partial charge in [-0.15, -0.1) is 0 Å². The van der Waals surface area contributed by atoms with Gasteiger partial charge in [0.2, 0.25) is 0 Å². The lowest BCUT2D eigenvalue weighted by atomic mass is 10.1. The van der Waals surface area contributed by atoms with Gasteiger partial charge in [-0.2, -0.15) is 0 Å². The molecule has 28 heavy (non-hydrogen) atoms. The van der Waals surface area contributed by atoms with Crippen molar-refractivity contribution in [2.45, 2.75) is 17.9 Å². The summed E-state index contributed by atoms with van der Waals surface area (Å²) in [6, 6.07) is 13.0. The van der Waals surface area contributed by atoms with Gasteiger partial charge < -0.3 is 5.11 Å². The normalized spacial score (nSPS) is 12.6. The minimum absolute atomic E-state index is 0.150. The maximum Gasteiger partial charge on any atom is 0.264 e. The van der Waals surface area contributed by atoms with Crippen LogP contribution in [0.5, 0.6) is 5.75 Å². The first kappa shape index (κ1) is 20.1. The minimum Gasteiger partial charge on any atom is -0.508 e. The molecule has 0 radical (unpaired) electrons. The van der Waals surface area contributed by atoms with Gasteiger partial charge in [0.05, 0.1) is 16.6 Å². The van der Waals surface area contributed by atoms with Crippen LogP contribution in [0.4, 0.5) is 14.5 Å². The fourth-order valence-electron chi connectivity index (χ4n) is 2.89. The molecule has 146 valence electrons. The van der Waals surface area contributed by atoms with E-state index in [2.05, 4.69) is 0 Å². The lowest BCUT2D eigenvalue weighted by molar-refractivity contribution is 0.463. The van der Waals surface area contributed by atoms with E-state index in [1.165, 1.54) is 43.3 Å².